The fourth-order valence-electron chi connectivity index (χ4n) is 2.21. The molecule has 0 heterocycles. The number of hydrogen-bond acceptors (Lipinski definition) is 3. The van der Waals surface area contributed by atoms with Crippen molar-refractivity contribution in [3.05, 3.63) is 54.1 Å². The first-order valence-electron chi connectivity index (χ1n) is 8.00. The van der Waals surface area contributed by atoms with Crippen molar-refractivity contribution in [2.24, 2.45) is 5.92 Å². The summed E-state index contributed by atoms with van der Waals surface area (Å²) in [5.41, 5.74) is 2.78. The first-order valence-corrected chi connectivity index (χ1v) is 8.99. The Bertz CT molecular complexity index is 722. The van der Waals surface area contributed by atoms with Crippen LogP contribution in [0.2, 0.25) is 0 Å². The normalized spacial score (nSPS) is 13.4. The molecule has 0 spiro atoms. The third-order valence-electron chi connectivity index (χ3n) is 3.78. The number of hydrogen-bond donors (Lipinski definition) is 2. The third kappa shape index (κ3) is 4.86. The van der Waals surface area contributed by atoms with Gasteiger partial charge in [0.2, 0.25) is 11.8 Å². The number of anilines is 2. The fraction of sp³-hybridized carbons (Fsp3) is 0.263. The van der Waals surface area contributed by atoms with Gasteiger partial charge in [0.1, 0.15) is 0 Å². The summed E-state index contributed by atoms with van der Waals surface area (Å²) in [7, 11) is 0. The van der Waals surface area contributed by atoms with E-state index in [0.29, 0.717) is 5.75 Å². The minimum Gasteiger partial charge on any atom is -0.326 e. The molecule has 1 saturated carbocycles. The second-order valence-electron chi connectivity index (χ2n) is 5.99. The largest absolute Gasteiger partial charge is 0.326 e. The molecular formula is C19H20N2O2S. The van der Waals surface area contributed by atoms with Crippen LogP contribution in [-0.2, 0) is 9.59 Å². The van der Waals surface area contributed by atoms with Gasteiger partial charge in [0.25, 0.3) is 0 Å². The Morgan fingerprint density at radius 2 is 1.54 bits per heavy atom. The van der Waals surface area contributed by atoms with Crippen LogP contribution < -0.4 is 10.6 Å². The topological polar surface area (TPSA) is 58.2 Å². The van der Waals surface area contributed by atoms with Gasteiger partial charge in [-0.1, -0.05) is 17.7 Å². The van der Waals surface area contributed by atoms with Crippen LogP contribution in [0.25, 0.3) is 0 Å². The van der Waals surface area contributed by atoms with E-state index in [9.17, 15) is 9.59 Å². The summed E-state index contributed by atoms with van der Waals surface area (Å²) < 4.78 is 0. The van der Waals surface area contributed by atoms with Crippen molar-refractivity contribution >= 4 is 35.0 Å². The fourth-order valence-corrected chi connectivity index (χ4v) is 2.91. The smallest absolute Gasteiger partial charge is 0.234 e. The van der Waals surface area contributed by atoms with E-state index in [2.05, 4.69) is 10.6 Å². The Kier molecular flexibility index (Phi) is 5.20. The lowest BCUT2D eigenvalue weighted by Crippen LogP contribution is -2.14. The van der Waals surface area contributed by atoms with Gasteiger partial charge >= 0.3 is 0 Å². The predicted octanol–water partition coefficient (Wildman–Crippen LogP) is 4.07. The Labute approximate surface area is 146 Å². The average molecular weight is 340 g/mol. The van der Waals surface area contributed by atoms with E-state index in [-0.39, 0.29) is 17.7 Å². The van der Waals surface area contributed by atoms with Crippen molar-refractivity contribution in [1.82, 2.24) is 0 Å². The number of amides is 2. The molecule has 0 radical (unpaired) electrons. The average Bonchev–Trinajstić information content (AvgIpc) is 3.41. The molecule has 2 amide bonds. The maximum atomic E-state index is 12.0. The molecule has 5 heteroatoms. The van der Waals surface area contributed by atoms with Crippen LogP contribution in [0.3, 0.4) is 0 Å². The molecular weight excluding hydrogens is 320 g/mol. The van der Waals surface area contributed by atoms with Gasteiger partial charge in [-0.3, -0.25) is 9.59 Å². The molecule has 0 bridgehead atoms. The third-order valence-corrected chi connectivity index (χ3v) is 4.79. The van der Waals surface area contributed by atoms with Crippen LogP contribution in [0.4, 0.5) is 11.4 Å². The zero-order chi connectivity index (χ0) is 16.9. The molecule has 2 aromatic rings. The van der Waals surface area contributed by atoms with Gasteiger partial charge in [-0.15, -0.1) is 11.8 Å². The Hall–Kier alpha value is -2.27. The van der Waals surface area contributed by atoms with Gasteiger partial charge in [0, 0.05) is 22.2 Å². The lowest BCUT2D eigenvalue weighted by Gasteiger charge is -2.07. The zero-order valence-corrected chi connectivity index (χ0v) is 14.4. The van der Waals surface area contributed by atoms with Gasteiger partial charge < -0.3 is 10.6 Å². The van der Waals surface area contributed by atoms with Crippen LogP contribution >= 0.6 is 11.8 Å². The molecule has 24 heavy (non-hydrogen) atoms. The molecule has 1 aliphatic carbocycles. The number of aryl methyl sites for hydroxylation is 1. The van der Waals surface area contributed by atoms with Crippen molar-refractivity contribution in [2.75, 3.05) is 16.4 Å². The number of carbonyl (C=O) groups is 2. The van der Waals surface area contributed by atoms with E-state index in [1.165, 1.54) is 11.8 Å². The van der Waals surface area contributed by atoms with Crippen molar-refractivity contribution in [3.8, 4) is 0 Å². The minimum absolute atomic E-state index is 0.0324. The molecule has 0 aliphatic heterocycles. The Morgan fingerprint density at radius 3 is 2.17 bits per heavy atom. The summed E-state index contributed by atoms with van der Waals surface area (Å²) in [6, 6.07) is 15.3. The number of rotatable bonds is 6. The van der Waals surface area contributed by atoms with E-state index >= 15 is 0 Å². The summed E-state index contributed by atoms with van der Waals surface area (Å²) in [5.74, 6) is 0.620. The monoisotopic (exact) mass is 340 g/mol. The first kappa shape index (κ1) is 16.6. The van der Waals surface area contributed by atoms with Gasteiger partial charge in [-0.25, -0.2) is 0 Å². The quantitative estimate of drug-likeness (QED) is 0.779. The van der Waals surface area contributed by atoms with E-state index in [4.69, 9.17) is 0 Å². The summed E-state index contributed by atoms with van der Waals surface area (Å²) in [4.78, 5) is 24.7. The highest BCUT2D eigenvalue weighted by Gasteiger charge is 2.29. The van der Waals surface area contributed by atoms with Crippen LogP contribution in [0.15, 0.2) is 53.4 Å². The first-order chi connectivity index (χ1) is 11.6. The molecule has 0 atom stereocenters. The minimum atomic E-state index is -0.0324. The molecule has 3 rings (SSSR count). The highest BCUT2D eigenvalue weighted by molar-refractivity contribution is 8.00. The second-order valence-corrected chi connectivity index (χ2v) is 7.04. The lowest BCUT2D eigenvalue weighted by atomic mass is 10.2. The summed E-state index contributed by atoms with van der Waals surface area (Å²) in [6.07, 6.45) is 1.99. The zero-order valence-electron chi connectivity index (χ0n) is 13.5. The maximum Gasteiger partial charge on any atom is 0.234 e. The Morgan fingerprint density at radius 1 is 0.958 bits per heavy atom. The maximum absolute atomic E-state index is 12.0. The van der Waals surface area contributed by atoms with Crippen LogP contribution in [-0.4, -0.2) is 17.6 Å². The predicted molar refractivity (Wildman–Crippen MR) is 98.3 cm³/mol. The molecule has 0 unspecified atom stereocenters. The van der Waals surface area contributed by atoms with Crippen molar-refractivity contribution in [3.63, 3.8) is 0 Å². The van der Waals surface area contributed by atoms with E-state index in [1.807, 2.05) is 55.5 Å². The van der Waals surface area contributed by atoms with Crippen LogP contribution in [0.5, 0.6) is 0 Å². The van der Waals surface area contributed by atoms with Crippen LogP contribution in [0.1, 0.15) is 18.4 Å². The number of thioether (sulfide) groups is 1. The molecule has 2 N–H and O–H groups in total. The highest BCUT2D eigenvalue weighted by atomic mass is 32.2. The van der Waals surface area contributed by atoms with Gasteiger partial charge in [-0.05, 0) is 56.2 Å². The SMILES string of the molecule is Cc1ccc(NC(=O)CSc2ccc(NC(=O)C3CC3)cc2)cc1. The summed E-state index contributed by atoms with van der Waals surface area (Å²) in [6.45, 7) is 2.01. The van der Waals surface area contributed by atoms with Crippen LogP contribution in [0, 0.1) is 12.8 Å². The van der Waals surface area contributed by atoms with Crippen molar-refractivity contribution in [1.29, 1.82) is 0 Å². The van der Waals surface area contributed by atoms with Crippen molar-refractivity contribution < 1.29 is 9.59 Å². The highest BCUT2D eigenvalue weighted by Crippen LogP contribution is 2.30. The molecule has 4 nitrogen and oxygen atoms in total. The van der Waals surface area contributed by atoms with Gasteiger partial charge in [0.05, 0.1) is 5.75 Å². The lowest BCUT2D eigenvalue weighted by molar-refractivity contribution is -0.117. The van der Waals surface area contributed by atoms with E-state index < -0.39 is 0 Å². The van der Waals surface area contributed by atoms with Gasteiger partial charge in [-0.2, -0.15) is 0 Å². The van der Waals surface area contributed by atoms with Gasteiger partial charge in [0.15, 0.2) is 0 Å². The molecule has 124 valence electrons. The molecule has 1 aliphatic rings. The number of nitrogens with one attached hydrogen (secondary N) is 2. The summed E-state index contributed by atoms with van der Waals surface area (Å²) >= 11 is 1.47. The molecule has 2 aromatic carbocycles. The molecule has 0 aromatic heterocycles. The molecule has 1 fully saturated rings. The number of benzene rings is 2. The van der Waals surface area contributed by atoms with Crippen molar-refractivity contribution in [2.45, 2.75) is 24.7 Å². The van der Waals surface area contributed by atoms with E-state index in [1.54, 1.807) is 0 Å². The standard InChI is InChI=1S/C19H20N2O2S/c1-13-2-6-15(7-3-13)20-18(22)12-24-17-10-8-16(9-11-17)21-19(23)14-4-5-14/h2-3,6-11,14H,4-5,12H2,1H3,(H,20,22)(H,21,23). The molecule has 0 saturated heterocycles. The van der Waals surface area contributed by atoms with E-state index in [0.717, 1.165) is 34.7 Å². The second kappa shape index (κ2) is 7.53. The summed E-state index contributed by atoms with van der Waals surface area (Å²) in [5, 5.41) is 5.79. The number of carbonyl (C=O) groups excluding carboxylic acids is 2. The Balaban J connectivity index is 1.46.